The summed E-state index contributed by atoms with van der Waals surface area (Å²) in [5, 5.41) is 13.7. The third kappa shape index (κ3) is 1.82. The molecule has 0 bridgehead atoms. The largest absolute Gasteiger partial charge is 0.391 e. The smallest absolute Gasteiger partial charge is 0.225 e. The van der Waals surface area contributed by atoms with Crippen LogP contribution in [0.4, 0.5) is 0 Å². The minimum Gasteiger partial charge on any atom is -0.391 e. The van der Waals surface area contributed by atoms with E-state index in [0.717, 1.165) is 17.0 Å². The van der Waals surface area contributed by atoms with Crippen molar-refractivity contribution in [3.05, 3.63) is 17.0 Å². The van der Waals surface area contributed by atoms with Gasteiger partial charge in [0.1, 0.15) is 0 Å². The van der Waals surface area contributed by atoms with Crippen molar-refractivity contribution in [1.82, 2.24) is 14.7 Å². The molecular weight excluding hydrogens is 206 g/mol. The van der Waals surface area contributed by atoms with Crippen molar-refractivity contribution in [3.8, 4) is 0 Å². The van der Waals surface area contributed by atoms with Crippen LogP contribution in [0.2, 0.25) is 0 Å². The Balaban J connectivity index is 2.18. The average Bonchev–Trinajstić information content (AvgIpc) is 2.62. The predicted octanol–water partition coefficient (Wildman–Crippen LogP) is 0.130. The Labute approximate surface area is 94.7 Å². The van der Waals surface area contributed by atoms with Gasteiger partial charge < -0.3 is 10.0 Å². The number of carbonyl (C=O) groups excluding carboxylic acids is 1. The lowest BCUT2D eigenvalue weighted by molar-refractivity contribution is -0.128. The molecule has 1 N–H and O–H groups in total. The maximum atomic E-state index is 11.6. The van der Waals surface area contributed by atoms with Gasteiger partial charge in [-0.25, -0.2) is 0 Å². The number of aromatic nitrogens is 2. The molecule has 1 saturated heterocycles. The van der Waals surface area contributed by atoms with Crippen LogP contribution in [-0.4, -0.2) is 38.3 Å². The van der Waals surface area contributed by atoms with Gasteiger partial charge >= 0.3 is 0 Å². The zero-order chi connectivity index (χ0) is 11.9. The van der Waals surface area contributed by atoms with E-state index in [0.29, 0.717) is 13.1 Å². The van der Waals surface area contributed by atoms with Gasteiger partial charge in [-0.15, -0.1) is 0 Å². The van der Waals surface area contributed by atoms with Crippen molar-refractivity contribution < 1.29 is 9.90 Å². The number of nitrogens with zero attached hydrogens (tertiary/aromatic N) is 3. The van der Waals surface area contributed by atoms with Crippen molar-refractivity contribution in [2.45, 2.75) is 32.9 Å². The number of carbonyl (C=O) groups is 1. The van der Waals surface area contributed by atoms with Crippen LogP contribution < -0.4 is 0 Å². The molecule has 88 valence electrons. The van der Waals surface area contributed by atoms with Crippen LogP contribution in [-0.2, 0) is 18.4 Å². The first kappa shape index (κ1) is 11.1. The molecule has 0 saturated carbocycles. The highest BCUT2D eigenvalue weighted by Gasteiger charge is 2.29. The molecule has 0 aromatic carbocycles. The number of aliphatic hydroxyl groups is 1. The summed E-state index contributed by atoms with van der Waals surface area (Å²) in [5.41, 5.74) is 3.12. The summed E-state index contributed by atoms with van der Waals surface area (Å²) in [4.78, 5) is 13.3. The molecule has 16 heavy (non-hydrogen) atoms. The first-order chi connectivity index (χ1) is 7.49. The lowest BCUT2D eigenvalue weighted by Gasteiger charge is -2.15. The molecule has 1 unspecified atom stereocenters. The number of hydrogen-bond acceptors (Lipinski definition) is 3. The van der Waals surface area contributed by atoms with E-state index >= 15 is 0 Å². The number of aryl methyl sites for hydroxylation is 2. The zero-order valence-electron chi connectivity index (χ0n) is 9.90. The molecular formula is C11H17N3O2. The van der Waals surface area contributed by atoms with E-state index in [2.05, 4.69) is 5.10 Å². The van der Waals surface area contributed by atoms with Gasteiger partial charge in [0, 0.05) is 31.4 Å². The normalized spacial score (nSPS) is 20.9. The summed E-state index contributed by atoms with van der Waals surface area (Å²) in [7, 11) is 1.90. The van der Waals surface area contributed by atoms with Crippen molar-refractivity contribution in [3.63, 3.8) is 0 Å². The number of β-amino-alcohol motifs (C(OH)–C–C–N with tert-alkyl or cyclic N) is 1. The van der Waals surface area contributed by atoms with E-state index in [1.54, 1.807) is 4.90 Å². The molecule has 2 heterocycles. The number of rotatable bonds is 2. The van der Waals surface area contributed by atoms with Gasteiger partial charge in [0.05, 0.1) is 18.2 Å². The minimum absolute atomic E-state index is 0.0233. The monoisotopic (exact) mass is 223 g/mol. The van der Waals surface area contributed by atoms with Crippen molar-refractivity contribution in [1.29, 1.82) is 0 Å². The first-order valence-electron chi connectivity index (χ1n) is 5.44. The van der Waals surface area contributed by atoms with E-state index in [-0.39, 0.29) is 12.3 Å². The maximum absolute atomic E-state index is 11.6. The first-order valence-corrected chi connectivity index (χ1v) is 5.44. The fourth-order valence-electron chi connectivity index (χ4n) is 2.14. The number of hydrogen-bond donors (Lipinski definition) is 1. The van der Waals surface area contributed by atoms with Gasteiger partial charge in [0.2, 0.25) is 5.91 Å². The molecule has 5 nitrogen and oxygen atoms in total. The van der Waals surface area contributed by atoms with Crippen molar-refractivity contribution in [2.24, 2.45) is 7.05 Å². The number of likely N-dealkylation sites (tertiary alicyclic amines) is 1. The predicted molar refractivity (Wildman–Crippen MR) is 58.7 cm³/mol. The van der Waals surface area contributed by atoms with Crippen LogP contribution in [0.15, 0.2) is 0 Å². The molecule has 1 aromatic rings. The van der Waals surface area contributed by atoms with Gasteiger partial charge in [-0.2, -0.15) is 5.10 Å². The van der Waals surface area contributed by atoms with Crippen LogP contribution in [0.25, 0.3) is 0 Å². The molecule has 0 radical (unpaired) electrons. The highest BCUT2D eigenvalue weighted by atomic mass is 16.3. The van der Waals surface area contributed by atoms with Crippen molar-refractivity contribution >= 4 is 5.91 Å². The Morgan fingerprint density at radius 1 is 1.50 bits per heavy atom. The molecule has 0 aliphatic carbocycles. The van der Waals surface area contributed by atoms with Crippen LogP contribution in [0, 0.1) is 13.8 Å². The second-order valence-electron chi connectivity index (χ2n) is 4.41. The van der Waals surface area contributed by atoms with E-state index in [1.807, 2.05) is 25.6 Å². The molecule has 1 atom stereocenters. The molecule has 1 amide bonds. The van der Waals surface area contributed by atoms with E-state index in [1.165, 1.54) is 0 Å². The summed E-state index contributed by atoms with van der Waals surface area (Å²) in [6.07, 6.45) is -0.261. The highest BCUT2D eigenvalue weighted by Crippen LogP contribution is 2.19. The van der Waals surface area contributed by atoms with E-state index < -0.39 is 6.10 Å². The second kappa shape index (κ2) is 3.90. The molecule has 2 rings (SSSR count). The van der Waals surface area contributed by atoms with Crippen LogP contribution in [0.5, 0.6) is 0 Å². The van der Waals surface area contributed by atoms with Gasteiger partial charge in [-0.05, 0) is 13.8 Å². The summed E-state index contributed by atoms with van der Waals surface area (Å²) < 4.78 is 1.82. The Morgan fingerprint density at radius 2 is 2.19 bits per heavy atom. The molecule has 1 aliphatic heterocycles. The molecule has 0 spiro atoms. The topological polar surface area (TPSA) is 58.4 Å². The number of amides is 1. The van der Waals surface area contributed by atoms with Gasteiger partial charge in [-0.1, -0.05) is 0 Å². The molecule has 1 fully saturated rings. The lowest BCUT2D eigenvalue weighted by atomic mass is 10.2. The van der Waals surface area contributed by atoms with E-state index in [9.17, 15) is 9.90 Å². The summed E-state index contributed by atoms with van der Waals surface area (Å²) in [5.74, 6) is 0.0233. The molecule has 1 aromatic heterocycles. The van der Waals surface area contributed by atoms with Gasteiger partial charge in [0.25, 0.3) is 0 Å². The third-order valence-electron chi connectivity index (χ3n) is 3.20. The Kier molecular flexibility index (Phi) is 2.71. The van der Waals surface area contributed by atoms with Crippen molar-refractivity contribution in [2.75, 3.05) is 6.54 Å². The van der Waals surface area contributed by atoms with Gasteiger partial charge in [0.15, 0.2) is 0 Å². The van der Waals surface area contributed by atoms with Crippen LogP contribution in [0.3, 0.4) is 0 Å². The standard InChI is InChI=1S/C11H17N3O2/c1-7-10(8(2)13(3)12-7)6-14-5-9(15)4-11(14)16/h9,15H,4-6H2,1-3H3. The fourth-order valence-corrected chi connectivity index (χ4v) is 2.14. The maximum Gasteiger partial charge on any atom is 0.225 e. The Hall–Kier alpha value is -1.36. The summed E-state index contributed by atoms with van der Waals surface area (Å²) in [6.45, 7) is 4.93. The van der Waals surface area contributed by atoms with Crippen LogP contribution >= 0.6 is 0 Å². The average molecular weight is 223 g/mol. The highest BCUT2D eigenvalue weighted by molar-refractivity contribution is 5.79. The third-order valence-corrected chi connectivity index (χ3v) is 3.20. The van der Waals surface area contributed by atoms with Gasteiger partial charge in [-0.3, -0.25) is 9.48 Å². The summed E-state index contributed by atoms with van der Waals surface area (Å²) >= 11 is 0. The number of aliphatic hydroxyl groups excluding tert-OH is 1. The lowest BCUT2D eigenvalue weighted by Crippen LogP contribution is -2.25. The minimum atomic E-state index is -0.509. The quantitative estimate of drug-likeness (QED) is 0.775. The zero-order valence-corrected chi connectivity index (χ0v) is 9.90. The second-order valence-corrected chi connectivity index (χ2v) is 4.41. The Bertz CT molecular complexity index is 425. The summed E-state index contributed by atoms with van der Waals surface area (Å²) in [6, 6.07) is 0. The SMILES string of the molecule is Cc1nn(C)c(C)c1CN1CC(O)CC1=O. The van der Waals surface area contributed by atoms with Crippen LogP contribution in [0.1, 0.15) is 23.4 Å². The Morgan fingerprint density at radius 3 is 2.62 bits per heavy atom. The molecule has 1 aliphatic rings. The van der Waals surface area contributed by atoms with E-state index in [4.69, 9.17) is 0 Å². The molecule has 5 heteroatoms. The fraction of sp³-hybridized carbons (Fsp3) is 0.636.